The number of carbonyl (C=O) groups is 2. The molecule has 0 radical (unpaired) electrons. The second-order valence-corrected chi connectivity index (χ2v) is 8.76. The molecule has 0 bridgehead atoms. The molecule has 2 atom stereocenters. The molecule has 0 saturated carbocycles. The van der Waals surface area contributed by atoms with Crippen molar-refractivity contribution in [3.8, 4) is 11.5 Å². The van der Waals surface area contributed by atoms with Gasteiger partial charge in [-0.2, -0.15) is 0 Å². The van der Waals surface area contributed by atoms with E-state index in [1.54, 1.807) is 49.3 Å². The lowest BCUT2D eigenvalue weighted by molar-refractivity contribution is -0.128. The van der Waals surface area contributed by atoms with Crippen LogP contribution in [0.15, 0.2) is 65.3 Å². The zero-order valence-electron chi connectivity index (χ0n) is 18.7. The molecule has 2 amide bonds. The van der Waals surface area contributed by atoms with Crippen LogP contribution in [0.1, 0.15) is 45.6 Å². The number of ether oxygens (including phenoxy) is 2. The van der Waals surface area contributed by atoms with Gasteiger partial charge in [0.05, 0.1) is 38.8 Å². The summed E-state index contributed by atoms with van der Waals surface area (Å²) in [5, 5.41) is 2.91. The summed E-state index contributed by atoms with van der Waals surface area (Å²) in [5.41, 5.74) is 2.44. The summed E-state index contributed by atoms with van der Waals surface area (Å²) < 4.78 is 16.0. The predicted molar refractivity (Wildman–Crippen MR) is 126 cm³/mol. The highest BCUT2D eigenvalue weighted by Gasteiger charge is 2.33. The highest BCUT2D eigenvalue weighted by atomic mass is 32.2. The summed E-state index contributed by atoms with van der Waals surface area (Å²) in [6, 6.07) is 16.4. The van der Waals surface area contributed by atoms with Crippen LogP contribution in [0.2, 0.25) is 0 Å². The molecule has 1 N–H and O–H groups in total. The van der Waals surface area contributed by atoms with Crippen LogP contribution in [0.5, 0.6) is 11.5 Å². The first kappa shape index (κ1) is 22.8. The lowest BCUT2D eigenvalue weighted by atomic mass is 10.1. The summed E-state index contributed by atoms with van der Waals surface area (Å²) >= 11 is 1.57. The van der Waals surface area contributed by atoms with Gasteiger partial charge in [-0.05, 0) is 54.4 Å². The molecule has 8 heteroatoms. The topological polar surface area (TPSA) is 81.0 Å². The van der Waals surface area contributed by atoms with Gasteiger partial charge in [-0.1, -0.05) is 18.2 Å². The van der Waals surface area contributed by atoms with Crippen molar-refractivity contribution in [1.82, 2.24) is 10.2 Å². The van der Waals surface area contributed by atoms with Crippen LogP contribution in [-0.2, 0) is 11.3 Å². The normalized spacial score (nSPS) is 16.5. The number of hydrogen-bond donors (Lipinski definition) is 1. The van der Waals surface area contributed by atoms with Gasteiger partial charge in [-0.3, -0.25) is 9.59 Å². The van der Waals surface area contributed by atoms with Crippen molar-refractivity contribution >= 4 is 23.6 Å². The molecule has 0 spiro atoms. The van der Waals surface area contributed by atoms with Gasteiger partial charge in [-0.15, -0.1) is 11.8 Å². The lowest BCUT2D eigenvalue weighted by Gasteiger charge is -2.23. The minimum Gasteiger partial charge on any atom is -0.493 e. The minimum atomic E-state index is -0.219. The third-order valence-corrected chi connectivity index (χ3v) is 6.84. The first-order chi connectivity index (χ1) is 16.0. The van der Waals surface area contributed by atoms with E-state index in [0.29, 0.717) is 29.4 Å². The van der Waals surface area contributed by atoms with Gasteiger partial charge in [0.2, 0.25) is 5.91 Å². The molecule has 1 saturated heterocycles. The Morgan fingerprint density at radius 1 is 1.15 bits per heavy atom. The fraction of sp³-hybridized carbons (Fsp3) is 0.280. The Morgan fingerprint density at radius 2 is 1.91 bits per heavy atom. The quantitative estimate of drug-likeness (QED) is 0.524. The largest absolute Gasteiger partial charge is 0.493 e. The average Bonchev–Trinajstić information content (AvgIpc) is 3.49. The van der Waals surface area contributed by atoms with E-state index >= 15 is 0 Å². The van der Waals surface area contributed by atoms with Gasteiger partial charge in [0, 0.05) is 5.56 Å². The average molecular weight is 467 g/mol. The monoisotopic (exact) mass is 466 g/mol. The van der Waals surface area contributed by atoms with Crippen molar-refractivity contribution in [3.63, 3.8) is 0 Å². The zero-order valence-corrected chi connectivity index (χ0v) is 19.6. The maximum atomic E-state index is 12.8. The van der Waals surface area contributed by atoms with E-state index < -0.39 is 0 Å². The molecule has 33 heavy (non-hydrogen) atoms. The fourth-order valence-electron chi connectivity index (χ4n) is 3.76. The molecule has 2 aromatic carbocycles. The minimum absolute atomic E-state index is 0.0759. The van der Waals surface area contributed by atoms with Crippen molar-refractivity contribution in [2.45, 2.75) is 24.9 Å². The van der Waals surface area contributed by atoms with Gasteiger partial charge in [-0.25, -0.2) is 0 Å². The molecule has 4 rings (SSSR count). The standard InChI is InChI=1S/C25H26N2O5S/c1-16(19-10-11-21(30-2)22(13-19)31-3)26-24(29)17-6-8-18(9-7-17)25-27(23(28)15-33-25)14-20-5-4-12-32-20/h4-13,16,25H,14-15H2,1-3H3,(H,26,29)/t16-,25-/m1/s1. The molecule has 2 heterocycles. The first-order valence-electron chi connectivity index (χ1n) is 10.6. The second kappa shape index (κ2) is 10.0. The van der Waals surface area contributed by atoms with Crippen LogP contribution < -0.4 is 14.8 Å². The smallest absolute Gasteiger partial charge is 0.251 e. The van der Waals surface area contributed by atoms with E-state index in [1.807, 2.05) is 49.4 Å². The number of nitrogens with one attached hydrogen (secondary N) is 1. The summed E-state index contributed by atoms with van der Waals surface area (Å²) in [6.07, 6.45) is 1.61. The van der Waals surface area contributed by atoms with E-state index in [4.69, 9.17) is 13.9 Å². The zero-order chi connectivity index (χ0) is 23.4. The fourth-order valence-corrected chi connectivity index (χ4v) is 4.94. The first-order valence-corrected chi connectivity index (χ1v) is 11.6. The van der Waals surface area contributed by atoms with Gasteiger partial charge in [0.1, 0.15) is 11.1 Å². The highest BCUT2D eigenvalue weighted by Crippen LogP contribution is 2.39. The van der Waals surface area contributed by atoms with Crippen molar-refractivity contribution in [2.75, 3.05) is 20.0 Å². The van der Waals surface area contributed by atoms with Crippen LogP contribution in [0, 0.1) is 0 Å². The lowest BCUT2D eigenvalue weighted by Crippen LogP contribution is -2.28. The van der Waals surface area contributed by atoms with Gasteiger partial charge in [0.15, 0.2) is 11.5 Å². The molecule has 172 valence electrons. The van der Waals surface area contributed by atoms with Crippen LogP contribution in [0.4, 0.5) is 0 Å². The molecule has 1 aliphatic rings. The summed E-state index contributed by atoms with van der Waals surface area (Å²) in [4.78, 5) is 27.0. The van der Waals surface area contributed by atoms with Crippen LogP contribution in [0.25, 0.3) is 0 Å². The Labute approximate surface area is 197 Å². The molecular weight excluding hydrogens is 440 g/mol. The Balaban J connectivity index is 1.43. The number of rotatable bonds is 8. The number of amides is 2. The molecule has 0 unspecified atom stereocenters. The molecule has 3 aromatic rings. The molecule has 0 aliphatic carbocycles. The van der Waals surface area contributed by atoms with E-state index in [0.717, 1.165) is 16.9 Å². The third-order valence-electron chi connectivity index (χ3n) is 5.59. The van der Waals surface area contributed by atoms with Crippen LogP contribution >= 0.6 is 11.8 Å². The predicted octanol–water partition coefficient (Wildman–Crippen LogP) is 4.56. The summed E-state index contributed by atoms with van der Waals surface area (Å²) in [7, 11) is 3.17. The van der Waals surface area contributed by atoms with E-state index in [9.17, 15) is 9.59 Å². The maximum Gasteiger partial charge on any atom is 0.251 e. The number of carbonyl (C=O) groups excluding carboxylic acids is 2. The van der Waals surface area contributed by atoms with Crippen molar-refractivity contribution < 1.29 is 23.5 Å². The van der Waals surface area contributed by atoms with E-state index in [-0.39, 0.29) is 23.2 Å². The maximum absolute atomic E-state index is 12.8. The summed E-state index contributed by atoms with van der Waals surface area (Å²) in [6.45, 7) is 2.34. The number of benzene rings is 2. The van der Waals surface area contributed by atoms with Gasteiger partial charge >= 0.3 is 0 Å². The molecular formula is C25H26N2O5S. The van der Waals surface area contributed by atoms with Crippen LogP contribution in [-0.4, -0.2) is 36.7 Å². The van der Waals surface area contributed by atoms with E-state index in [2.05, 4.69) is 5.32 Å². The van der Waals surface area contributed by atoms with Gasteiger partial charge in [0.25, 0.3) is 5.91 Å². The van der Waals surface area contributed by atoms with Crippen molar-refractivity contribution in [3.05, 3.63) is 83.3 Å². The molecule has 7 nitrogen and oxygen atoms in total. The number of nitrogens with zero attached hydrogens (tertiary/aromatic N) is 1. The Hall–Kier alpha value is -3.39. The van der Waals surface area contributed by atoms with Crippen LogP contribution in [0.3, 0.4) is 0 Å². The molecule has 1 aliphatic heterocycles. The van der Waals surface area contributed by atoms with E-state index in [1.165, 1.54) is 0 Å². The molecule has 1 aromatic heterocycles. The number of hydrogen-bond acceptors (Lipinski definition) is 6. The third kappa shape index (κ3) is 5.01. The van der Waals surface area contributed by atoms with Gasteiger partial charge < -0.3 is 24.1 Å². The number of thioether (sulfide) groups is 1. The molecule has 1 fully saturated rings. The Morgan fingerprint density at radius 3 is 2.58 bits per heavy atom. The SMILES string of the molecule is COc1ccc([C@@H](C)NC(=O)c2ccc([C@H]3SCC(=O)N3Cc3ccco3)cc2)cc1OC. The Bertz CT molecular complexity index is 1110. The highest BCUT2D eigenvalue weighted by molar-refractivity contribution is 8.00. The second-order valence-electron chi connectivity index (χ2n) is 7.70. The summed E-state index contributed by atoms with van der Waals surface area (Å²) in [5.74, 6) is 2.33. The van der Waals surface area contributed by atoms with Crippen molar-refractivity contribution in [2.24, 2.45) is 0 Å². The van der Waals surface area contributed by atoms with Crippen molar-refractivity contribution in [1.29, 1.82) is 0 Å². The number of furan rings is 1. The Kier molecular flexibility index (Phi) is 6.93. The number of methoxy groups -OCH3 is 2.